The van der Waals surface area contributed by atoms with E-state index in [-0.39, 0.29) is 17.9 Å². The van der Waals surface area contributed by atoms with Gasteiger partial charge in [0.05, 0.1) is 17.5 Å². The fraction of sp³-hybridized carbons (Fsp3) is 0.421. The van der Waals surface area contributed by atoms with Crippen LogP contribution in [-0.2, 0) is 0 Å². The first-order valence-electron chi connectivity index (χ1n) is 8.92. The molecule has 0 bridgehead atoms. The number of nitrogens with one attached hydrogen (secondary N) is 1. The van der Waals surface area contributed by atoms with Gasteiger partial charge in [-0.25, -0.2) is 9.97 Å². The van der Waals surface area contributed by atoms with Crippen LogP contribution in [-0.4, -0.2) is 40.9 Å². The number of nitrogens with zero attached hydrogens (tertiary/aromatic N) is 3. The molecule has 7 nitrogen and oxygen atoms in total. The Balaban J connectivity index is 1.85. The Morgan fingerprint density at radius 3 is 2.65 bits per heavy atom. The van der Waals surface area contributed by atoms with Crippen LogP contribution < -0.4 is 21.1 Å². The Morgan fingerprint density at radius 1 is 1.23 bits per heavy atom. The summed E-state index contributed by atoms with van der Waals surface area (Å²) in [5.41, 5.74) is 14.0. The van der Waals surface area contributed by atoms with E-state index in [0.29, 0.717) is 22.7 Å². The number of rotatable bonds is 5. The van der Waals surface area contributed by atoms with E-state index in [1.54, 1.807) is 12.1 Å². The quantitative estimate of drug-likeness (QED) is 0.560. The molecule has 0 unspecified atom stereocenters. The van der Waals surface area contributed by atoms with Crippen molar-refractivity contribution >= 4 is 17.2 Å². The van der Waals surface area contributed by atoms with Crippen molar-refractivity contribution in [2.75, 3.05) is 23.7 Å². The fourth-order valence-electron chi connectivity index (χ4n) is 3.02. The lowest BCUT2D eigenvalue weighted by atomic mass is 10.0. The maximum absolute atomic E-state index is 8.57. The molecule has 0 saturated carbocycles. The van der Waals surface area contributed by atoms with Crippen LogP contribution in [0.25, 0.3) is 0 Å². The van der Waals surface area contributed by atoms with Gasteiger partial charge in [-0.15, -0.1) is 0 Å². The Morgan fingerprint density at radius 2 is 1.96 bits per heavy atom. The molecule has 1 saturated heterocycles. The topological polar surface area (TPSA) is 114 Å². The van der Waals surface area contributed by atoms with Gasteiger partial charge in [0.1, 0.15) is 17.9 Å². The number of ether oxygens (including phenoxy) is 1. The summed E-state index contributed by atoms with van der Waals surface area (Å²) in [6.45, 7) is 5.65. The first kappa shape index (κ1) is 18.1. The van der Waals surface area contributed by atoms with E-state index in [0.717, 1.165) is 31.7 Å². The number of nitrogen functional groups attached to an aromatic ring is 1. The summed E-state index contributed by atoms with van der Waals surface area (Å²) in [6.07, 6.45) is 3.44. The maximum Gasteiger partial charge on any atom is 0.132 e. The summed E-state index contributed by atoms with van der Waals surface area (Å²) >= 11 is 0. The molecule has 0 radical (unpaired) electrons. The highest BCUT2D eigenvalue weighted by atomic mass is 16.5. The predicted molar refractivity (Wildman–Crippen MR) is 104 cm³/mol. The maximum atomic E-state index is 8.57. The SMILES string of the molecule is CC(C)Oc1ccc(N)c(C(=N)c2cc(N3CCC(N)CC3)ncn2)c1. The number of nitrogens with two attached hydrogens (primary N) is 2. The first-order valence-corrected chi connectivity index (χ1v) is 8.92. The highest BCUT2D eigenvalue weighted by molar-refractivity contribution is 6.13. The van der Waals surface area contributed by atoms with Gasteiger partial charge >= 0.3 is 0 Å². The van der Waals surface area contributed by atoms with Crippen LogP contribution in [0.2, 0.25) is 0 Å². The van der Waals surface area contributed by atoms with Crippen molar-refractivity contribution in [1.29, 1.82) is 5.41 Å². The lowest BCUT2D eigenvalue weighted by Crippen LogP contribution is -2.40. The monoisotopic (exact) mass is 354 g/mol. The number of anilines is 2. The second-order valence-corrected chi connectivity index (χ2v) is 6.88. The summed E-state index contributed by atoms with van der Waals surface area (Å²) in [5, 5.41) is 8.57. The number of hydrogen-bond acceptors (Lipinski definition) is 7. The third-order valence-electron chi connectivity index (χ3n) is 4.44. The average molecular weight is 354 g/mol. The van der Waals surface area contributed by atoms with E-state index in [4.69, 9.17) is 21.6 Å². The van der Waals surface area contributed by atoms with Crippen LogP contribution in [0.1, 0.15) is 37.9 Å². The van der Waals surface area contributed by atoms with E-state index < -0.39 is 0 Å². The van der Waals surface area contributed by atoms with Gasteiger partial charge in [-0.1, -0.05) is 0 Å². The Bertz CT molecular complexity index is 783. The number of hydrogen-bond donors (Lipinski definition) is 3. The van der Waals surface area contributed by atoms with Crippen molar-refractivity contribution in [2.45, 2.75) is 38.8 Å². The zero-order chi connectivity index (χ0) is 18.7. The lowest BCUT2D eigenvalue weighted by molar-refractivity contribution is 0.242. The number of aromatic nitrogens is 2. The van der Waals surface area contributed by atoms with Crippen LogP contribution in [0.3, 0.4) is 0 Å². The van der Waals surface area contributed by atoms with Gasteiger partial charge in [-0.05, 0) is 44.9 Å². The molecule has 2 heterocycles. The van der Waals surface area contributed by atoms with Crippen molar-refractivity contribution in [3.63, 3.8) is 0 Å². The standard InChI is InChI=1S/C19H26N6O/c1-12(2)26-14-3-4-16(21)15(9-14)19(22)17-10-18(24-11-23-17)25-7-5-13(20)6-8-25/h3-4,9-13,22H,5-8,20-21H2,1-2H3. The zero-order valence-corrected chi connectivity index (χ0v) is 15.3. The minimum absolute atomic E-state index is 0.0526. The van der Waals surface area contributed by atoms with Crippen LogP contribution in [0.5, 0.6) is 5.75 Å². The van der Waals surface area contributed by atoms with Crippen molar-refractivity contribution in [2.24, 2.45) is 5.73 Å². The molecule has 26 heavy (non-hydrogen) atoms. The Labute approximate surface area is 153 Å². The highest BCUT2D eigenvalue weighted by Gasteiger charge is 2.19. The molecule has 5 N–H and O–H groups in total. The van der Waals surface area contributed by atoms with Crippen molar-refractivity contribution in [3.05, 3.63) is 41.9 Å². The summed E-state index contributed by atoms with van der Waals surface area (Å²) in [7, 11) is 0. The molecule has 1 aromatic carbocycles. The Hall–Kier alpha value is -2.67. The summed E-state index contributed by atoms with van der Waals surface area (Å²) in [5.74, 6) is 1.51. The van der Waals surface area contributed by atoms with Gasteiger partial charge in [0, 0.05) is 36.4 Å². The summed E-state index contributed by atoms with van der Waals surface area (Å²) in [6, 6.07) is 7.47. The minimum atomic E-state index is 0.0526. The molecule has 0 aliphatic carbocycles. The normalized spacial score (nSPS) is 15.3. The van der Waals surface area contributed by atoms with E-state index >= 15 is 0 Å². The van der Waals surface area contributed by atoms with E-state index in [2.05, 4.69) is 14.9 Å². The molecular formula is C19H26N6O. The molecule has 7 heteroatoms. The van der Waals surface area contributed by atoms with Crippen molar-refractivity contribution in [3.8, 4) is 5.75 Å². The van der Waals surface area contributed by atoms with Crippen LogP contribution >= 0.6 is 0 Å². The van der Waals surface area contributed by atoms with Gasteiger partial charge in [-0.2, -0.15) is 0 Å². The van der Waals surface area contributed by atoms with Crippen LogP contribution in [0, 0.1) is 5.41 Å². The molecular weight excluding hydrogens is 328 g/mol. The molecule has 2 aromatic rings. The molecule has 3 rings (SSSR count). The average Bonchev–Trinajstić information content (AvgIpc) is 2.63. The van der Waals surface area contributed by atoms with Gasteiger partial charge in [-0.3, -0.25) is 5.41 Å². The van der Waals surface area contributed by atoms with Gasteiger partial charge in [0.15, 0.2) is 0 Å². The summed E-state index contributed by atoms with van der Waals surface area (Å²) < 4.78 is 5.72. The lowest BCUT2D eigenvalue weighted by Gasteiger charge is -2.31. The second kappa shape index (κ2) is 7.70. The fourth-order valence-corrected chi connectivity index (χ4v) is 3.02. The van der Waals surface area contributed by atoms with Gasteiger partial charge in [0.2, 0.25) is 0 Å². The molecule has 0 spiro atoms. The third kappa shape index (κ3) is 4.11. The van der Waals surface area contributed by atoms with Gasteiger partial charge < -0.3 is 21.1 Å². The van der Waals surface area contributed by atoms with Crippen molar-refractivity contribution in [1.82, 2.24) is 9.97 Å². The summed E-state index contributed by atoms with van der Waals surface area (Å²) in [4.78, 5) is 10.8. The third-order valence-corrected chi connectivity index (χ3v) is 4.44. The smallest absolute Gasteiger partial charge is 0.132 e. The van der Waals surface area contributed by atoms with E-state index in [9.17, 15) is 0 Å². The van der Waals surface area contributed by atoms with E-state index in [1.807, 2.05) is 26.0 Å². The molecule has 138 valence electrons. The molecule has 0 amide bonds. The van der Waals surface area contributed by atoms with Gasteiger partial charge in [0.25, 0.3) is 0 Å². The van der Waals surface area contributed by atoms with Crippen LogP contribution in [0.4, 0.5) is 11.5 Å². The predicted octanol–water partition coefficient (Wildman–Crippen LogP) is 2.19. The Kier molecular flexibility index (Phi) is 5.37. The number of piperidine rings is 1. The molecule has 1 aliphatic rings. The minimum Gasteiger partial charge on any atom is -0.491 e. The largest absolute Gasteiger partial charge is 0.491 e. The molecule has 1 aromatic heterocycles. The first-order chi connectivity index (χ1) is 12.4. The highest BCUT2D eigenvalue weighted by Crippen LogP contribution is 2.24. The molecule has 1 fully saturated rings. The molecule has 1 aliphatic heterocycles. The number of benzene rings is 1. The van der Waals surface area contributed by atoms with Crippen molar-refractivity contribution < 1.29 is 4.74 Å². The van der Waals surface area contributed by atoms with E-state index in [1.165, 1.54) is 6.33 Å². The zero-order valence-electron chi connectivity index (χ0n) is 15.3. The van der Waals surface area contributed by atoms with Crippen LogP contribution in [0.15, 0.2) is 30.6 Å². The second-order valence-electron chi connectivity index (χ2n) is 6.88. The molecule has 0 atom stereocenters.